The van der Waals surface area contributed by atoms with Crippen molar-refractivity contribution < 1.29 is 22.7 Å². The van der Waals surface area contributed by atoms with E-state index in [0.717, 1.165) is 51.4 Å². The van der Waals surface area contributed by atoms with Crippen molar-refractivity contribution in [3.05, 3.63) is 29.8 Å². The lowest BCUT2D eigenvalue weighted by Gasteiger charge is -2.20. The summed E-state index contributed by atoms with van der Waals surface area (Å²) in [7, 11) is -3.65. The zero-order valence-electron chi connectivity index (χ0n) is 17.2. The van der Waals surface area contributed by atoms with Crippen LogP contribution in [0.15, 0.2) is 29.2 Å². The molecule has 1 aromatic rings. The van der Waals surface area contributed by atoms with Gasteiger partial charge in [0.1, 0.15) is 0 Å². The first kappa shape index (κ1) is 23.3. The number of benzene rings is 1. The van der Waals surface area contributed by atoms with Crippen LogP contribution in [0.5, 0.6) is 0 Å². The second-order valence-corrected chi connectivity index (χ2v) is 9.27. The summed E-state index contributed by atoms with van der Waals surface area (Å²) < 4.78 is 32.3. The number of esters is 1. The van der Waals surface area contributed by atoms with Gasteiger partial charge >= 0.3 is 5.97 Å². The molecule has 0 aromatic heterocycles. The summed E-state index contributed by atoms with van der Waals surface area (Å²) in [6.07, 6.45) is 7.93. The lowest BCUT2D eigenvalue weighted by Crippen LogP contribution is -2.32. The molecule has 0 spiro atoms. The molecule has 0 saturated carbocycles. The molecule has 2 rings (SSSR count). The number of carbonyl (C=O) groups excluding carboxylic acids is 2. The molecule has 1 saturated heterocycles. The van der Waals surface area contributed by atoms with E-state index in [2.05, 4.69) is 12.2 Å². The van der Waals surface area contributed by atoms with Crippen LogP contribution in [0.2, 0.25) is 0 Å². The number of nitrogens with zero attached hydrogens (tertiary/aromatic N) is 1. The summed E-state index contributed by atoms with van der Waals surface area (Å²) >= 11 is 0. The Morgan fingerprint density at radius 2 is 1.79 bits per heavy atom. The first-order valence-corrected chi connectivity index (χ1v) is 11.9. The van der Waals surface area contributed by atoms with E-state index in [1.54, 1.807) is 0 Å². The highest BCUT2D eigenvalue weighted by molar-refractivity contribution is 7.89. The molecule has 0 radical (unpaired) electrons. The van der Waals surface area contributed by atoms with E-state index < -0.39 is 16.0 Å². The van der Waals surface area contributed by atoms with Crippen LogP contribution >= 0.6 is 0 Å². The maximum atomic E-state index is 12.9. The van der Waals surface area contributed by atoms with Crippen LogP contribution in [-0.2, 0) is 19.6 Å². The van der Waals surface area contributed by atoms with Gasteiger partial charge in [0.25, 0.3) is 5.91 Å². The van der Waals surface area contributed by atoms with Gasteiger partial charge in [-0.3, -0.25) is 4.79 Å². The normalized spacial score (nSPS) is 15.5. The third-order valence-corrected chi connectivity index (χ3v) is 6.85. The van der Waals surface area contributed by atoms with Gasteiger partial charge in [-0.2, -0.15) is 4.31 Å². The molecule has 1 aliphatic heterocycles. The van der Waals surface area contributed by atoms with Gasteiger partial charge in [0.2, 0.25) is 10.0 Å². The van der Waals surface area contributed by atoms with Crippen molar-refractivity contribution in [3.8, 4) is 0 Å². The van der Waals surface area contributed by atoms with Crippen molar-refractivity contribution in [1.82, 2.24) is 9.62 Å². The minimum atomic E-state index is -3.65. The number of unbranched alkanes of at least 4 members (excludes halogenated alkanes) is 3. The third kappa shape index (κ3) is 7.44. The van der Waals surface area contributed by atoms with E-state index in [4.69, 9.17) is 4.74 Å². The van der Waals surface area contributed by atoms with Gasteiger partial charge in [-0.25, -0.2) is 13.2 Å². The Bertz CT molecular complexity index is 771. The molecule has 0 bridgehead atoms. The van der Waals surface area contributed by atoms with Gasteiger partial charge < -0.3 is 10.1 Å². The molecule has 0 aliphatic carbocycles. The number of ether oxygens (including phenoxy) is 1. The average Bonchev–Trinajstić information content (AvgIpc) is 3.02. The summed E-state index contributed by atoms with van der Waals surface area (Å²) in [5.41, 5.74) is 0.122. The molecule has 0 unspecified atom stereocenters. The molecule has 1 heterocycles. The van der Waals surface area contributed by atoms with Gasteiger partial charge in [-0.05, 0) is 37.5 Å². The first-order valence-electron chi connectivity index (χ1n) is 10.5. The van der Waals surface area contributed by atoms with Crippen LogP contribution in [0.4, 0.5) is 0 Å². The number of carbonyl (C=O) groups is 2. The molecular formula is C21H32N2O5S. The molecule has 162 valence electrons. The minimum absolute atomic E-state index is 0.0780. The van der Waals surface area contributed by atoms with Crippen LogP contribution < -0.4 is 5.32 Å². The van der Waals surface area contributed by atoms with Gasteiger partial charge in [0.05, 0.1) is 10.5 Å². The Morgan fingerprint density at radius 1 is 1.07 bits per heavy atom. The number of hydrogen-bond acceptors (Lipinski definition) is 5. The predicted molar refractivity (Wildman–Crippen MR) is 111 cm³/mol. The summed E-state index contributed by atoms with van der Waals surface area (Å²) in [6.45, 7) is 3.28. The van der Waals surface area contributed by atoms with Crippen LogP contribution in [0.3, 0.4) is 0 Å². The Morgan fingerprint density at radius 3 is 2.48 bits per heavy atom. The number of sulfonamides is 1. The van der Waals surface area contributed by atoms with Crippen molar-refractivity contribution in [3.63, 3.8) is 0 Å². The second-order valence-electron chi connectivity index (χ2n) is 7.33. The first-order chi connectivity index (χ1) is 13.9. The zero-order chi connectivity index (χ0) is 21.1. The average molecular weight is 425 g/mol. The smallest absolute Gasteiger partial charge is 0.338 e. The molecular weight excluding hydrogens is 392 g/mol. The maximum absolute atomic E-state index is 12.9. The van der Waals surface area contributed by atoms with Crippen LogP contribution in [-0.4, -0.2) is 50.8 Å². The number of amides is 1. The fraction of sp³-hybridized carbons (Fsp3) is 0.619. The van der Waals surface area contributed by atoms with Crippen molar-refractivity contribution in [2.45, 2.75) is 63.2 Å². The Balaban J connectivity index is 1.91. The summed E-state index contributed by atoms with van der Waals surface area (Å²) in [5.74, 6) is -1.07. The van der Waals surface area contributed by atoms with Crippen LogP contribution in [0.1, 0.15) is 68.6 Å². The number of rotatable bonds is 10. The Labute approximate surface area is 173 Å². The second kappa shape index (κ2) is 11.9. The lowest BCUT2D eigenvalue weighted by atomic mass is 10.2. The zero-order valence-corrected chi connectivity index (χ0v) is 18.0. The van der Waals surface area contributed by atoms with Crippen LogP contribution in [0.25, 0.3) is 0 Å². The molecule has 1 fully saturated rings. The molecule has 1 aliphatic rings. The van der Waals surface area contributed by atoms with E-state index in [0.29, 0.717) is 19.6 Å². The van der Waals surface area contributed by atoms with Crippen LogP contribution in [0, 0.1) is 0 Å². The Hall–Kier alpha value is -1.93. The largest absolute Gasteiger partial charge is 0.452 e. The molecule has 0 atom stereocenters. The monoisotopic (exact) mass is 424 g/mol. The van der Waals surface area contributed by atoms with Crippen molar-refractivity contribution in [1.29, 1.82) is 0 Å². The Kier molecular flexibility index (Phi) is 9.60. The summed E-state index contributed by atoms with van der Waals surface area (Å²) in [6, 6.07) is 5.83. The highest BCUT2D eigenvalue weighted by atomic mass is 32.2. The van der Waals surface area contributed by atoms with Crippen molar-refractivity contribution in [2.24, 2.45) is 0 Å². The minimum Gasteiger partial charge on any atom is -0.452 e. The fourth-order valence-corrected chi connectivity index (χ4v) is 4.82. The van der Waals surface area contributed by atoms with Gasteiger partial charge in [-0.1, -0.05) is 45.1 Å². The van der Waals surface area contributed by atoms with Gasteiger partial charge in [0, 0.05) is 19.6 Å². The molecule has 1 N–H and O–H groups in total. The van der Waals surface area contributed by atoms with Gasteiger partial charge in [-0.15, -0.1) is 0 Å². The van der Waals surface area contributed by atoms with Crippen molar-refractivity contribution >= 4 is 21.9 Å². The highest BCUT2D eigenvalue weighted by Gasteiger charge is 2.26. The molecule has 7 nitrogen and oxygen atoms in total. The number of hydrogen-bond donors (Lipinski definition) is 1. The lowest BCUT2D eigenvalue weighted by molar-refractivity contribution is -0.124. The van der Waals surface area contributed by atoms with Crippen molar-refractivity contribution in [2.75, 3.05) is 26.2 Å². The van der Waals surface area contributed by atoms with Gasteiger partial charge in [0.15, 0.2) is 6.61 Å². The number of nitrogens with one attached hydrogen (secondary N) is 1. The van der Waals surface area contributed by atoms with E-state index in [-0.39, 0.29) is 23.0 Å². The molecule has 1 amide bonds. The molecule has 29 heavy (non-hydrogen) atoms. The predicted octanol–water partition coefficient (Wildman–Crippen LogP) is 3.10. The summed E-state index contributed by atoms with van der Waals surface area (Å²) in [5, 5.41) is 2.71. The molecule has 1 aromatic carbocycles. The van der Waals surface area contributed by atoms with E-state index in [1.165, 1.54) is 28.6 Å². The topological polar surface area (TPSA) is 92.8 Å². The molecule has 8 heteroatoms. The standard InChI is InChI=1S/C21H32N2O5S/c1-2-3-4-7-13-22-20(24)17-28-21(25)18-11-10-12-19(16-18)29(26,27)23-14-8-5-6-9-15-23/h10-12,16H,2-9,13-15,17H2,1H3,(H,22,24). The van der Waals surface area contributed by atoms with E-state index in [1.807, 2.05) is 0 Å². The maximum Gasteiger partial charge on any atom is 0.338 e. The van der Waals surface area contributed by atoms with E-state index >= 15 is 0 Å². The third-order valence-electron chi connectivity index (χ3n) is 4.96. The summed E-state index contributed by atoms with van der Waals surface area (Å²) in [4.78, 5) is 24.1. The SMILES string of the molecule is CCCCCCNC(=O)COC(=O)c1cccc(S(=O)(=O)N2CCCCCC2)c1. The van der Waals surface area contributed by atoms with E-state index in [9.17, 15) is 18.0 Å². The fourth-order valence-electron chi connectivity index (χ4n) is 3.26. The highest BCUT2D eigenvalue weighted by Crippen LogP contribution is 2.21. The quantitative estimate of drug-likeness (QED) is 0.460.